The van der Waals surface area contributed by atoms with Crippen molar-refractivity contribution in [2.75, 3.05) is 18.5 Å². The summed E-state index contributed by atoms with van der Waals surface area (Å²) < 4.78 is 0. The standard InChI is InChI=1S/C18H23N5O/c1-13-11-14(6-7-17(24)19-2)12-15(22-13)16-5-3-10-23(16)18-20-8-4-9-21-18/h4,8-9,11-12,16H,3,5-7,10H2,1-2H3,(H,19,24). The number of hydrogen-bond donors (Lipinski definition) is 1. The van der Waals surface area contributed by atoms with Gasteiger partial charge >= 0.3 is 0 Å². The highest BCUT2D eigenvalue weighted by atomic mass is 16.1. The summed E-state index contributed by atoms with van der Waals surface area (Å²) in [4.78, 5) is 27.2. The molecular weight excluding hydrogens is 302 g/mol. The molecular formula is C18H23N5O. The van der Waals surface area contributed by atoms with E-state index in [-0.39, 0.29) is 11.9 Å². The van der Waals surface area contributed by atoms with Gasteiger partial charge in [-0.15, -0.1) is 0 Å². The number of carbonyl (C=O) groups excluding carboxylic acids is 1. The van der Waals surface area contributed by atoms with Gasteiger partial charge in [-0.1, -0.05) is 0 Å². The molecule has 2 aromatic heterocycles. The van der Waals surface area contributed by atoms with Crippen LogP contribution in [0.5, 0.6) is 0 Å². The van der Waals surface area contributed by atoms with E-state index in [1.807, 2.05) is 13.0 Å². The van der Waals surface area contributed by atoms with Crippen LogP contribution in [-0.4, -0.2) is 34.5 Å². The molecule has 3 heterocycles. The summed E-state index contributed by atoms with van der Waals surface area (Å²) in [5.41, 5.74) is 3.19. The Hall–Kier alpha value is -2.50. The molecule has 1 aliphatic heterocycles. The molecule has 0 radical (unpaired) electrons. The van der Waals surface area contributed by atoms with E-state index in [1.54, 1.807) is 19.4 Å². The number of aromatic nitrogens is 3. The molecule has 6 nitrogen and oxygen atoms in total. The maximum atomic E-state index is 11.5. The number of rotatable bonds is 5. The van der Waals surface area contributed by atoms with Gasteiger partial charge in [-0.2, -0.15) is 0 Å². The number of carbonyl (C=O) groups is 1. The second-order valence-corrected chi connectivity index (χ2v) is 6.12. The molecule has 24 heavy (non-hydrogen) atoms. The van der Waals surface area contributed by atoms with Gasteiger partial charge in [-0.25, -0.2) is 9.97 Å². The maximum Gasteiger partial charge on any atom is 0.225 e. The quantitative estimate of drug-likeness (QED) is 0.912. The summed E-state index contributed by atoms with van der Waals surface area (Å²) in [6.07, 6.45) is 6.92. The van der Waals surface area contributed by atoms with Crippen molar-refractivity contribution in [3.63, 3.8) is 0 Å². The zero-order valence-electron chi connectivity index (χ0n) is 14.2. The molecule has 1 N–H and O–H groups in total. The van der Waals surface area contributed by atoms with Gasteiger partial charge in [0.25, 0.3) is 0 Å². The Kier molecular flexibility index (Phi) is 5.03. The molecule has 1 atom stereocenters. The first-order chi connectivity index (χ1) is 11.7. The first-order valence-electron chi connectivity index (χ1n) is 8.39. The van der Waals surface area contributed by atoms with Crippen molar-refractivity contribution in [1.82, 2.24) is 20.3 Å². The van der Waals surface area contributed by atoms with E-state index in [4.69, 9.17) is 4.98 Å². The third-order valence-corrected chi connectivity index (χ3v) is 4.36. The number of hydrogen-bond acceptors (Lipinski definition) is 5. The summed E-state index contributed by atoms with van der Waals surface area (Å²) in [7, 11) is 1.67. The molecule has 3 rings (SSSR count). The lowest BCUT2D eigenvalue weighted by molar-refractivity contribution is -0.120. The van der Waals surface area contributed by atoms with Crippen molar-refractivity contribution in [3.8, 4) is 0 Å². The average Bonchev–Trinajstić information content (AvgIpc) is 3.09. The van der Waals surface area contributed by atoms with Gasteiger partial charge in [0.2, 0.25) is 11.9 Å². The fraction of sp³-hybridized carbons (Fsp3) is 0.444. The molecule has 2 aromatic rings. The SMILES string of the molecule is CNC(=O)CCc1cc(C)nc(C2CCCN2c2ncccn2)c1. The average molecular weight is 325 g/mol. The van der Waals surface area contributed by atoms with Crippen LogP contribution in [0.25, 0.3) is 0 Å². The zero-order valence-corrected chi connectivity index (χ0v) is 14.2. The Labute approximate surface area is 142 Å². The van der Waals surface area contributed by atoms with Crippen molar-refractivity contribution in [3.05, 3.63) is 47.5 Å². The van der Waals surface area contributed by atoms with E-state index < -0.39 is 0 Å². The minimum Gasteiger partial charge on any atom is -0.359 e. The molecule has 0 aliphatic carbocycles. The normalized spacial score (nSPS) is 17.1. The van der Waals surface area contributed by atoms with Crippen molar-refractivity contribution in [2.45, 2.75) is 38.6 Å². The predicted octanol–water partition coefficient (Wildman–Crippen LogP) is 2.20. The molecule has 1 fully saturated rings. The summed E-state index contributed by atoms with van der Waals surface area (Å²) in [6.45, 7) is 2.95. The van der Waals surface area contributed by atoms with Gasteiger partial charge in [-0.3, -0.25) is 9.78 Å². The monoisotopic (exact) mass is 325 g/mol. The summed E-state index contributed by atoms with van der Waals surface area (Å²) in [5, 5.41) is 2.67. The number of amides is 1. The van der Waals surface area contributed by atoms with Crippen LogP contribution in [0.3, 0.4) is 0 Å². The van der Waals surface area contributed by atoms with Gasteiger partial charge in [0.15, 0.2) is 0 Å². The molecule has 0 bridgehead atoms. The number of nitrogens with zero attached hydrogens (tertiary/aromatic N) is 4. The number of anilines is 1. The van der Waals surface area contributed by atoms with E-state index in [9.17, 15) is 4.79 Å². The fourth-order valence-electron chi connectivity index (χ4n) is 3.22. The first kappa shape index (κ1) is 16.4. The topological polar surface area (TPSA) is 71.0 Å². The van der Waals surface area contributed by atoms with E-state index in [0.717, 1.165) is 48.7 Å². The minimum absolute atomic E-state index is 0.0613. The van der Waals surface area contributed by atoms with Gasteiger partial charge in [0.05, 0.1) is 11.7 Å². The lowest BCUT2D eigenvalue weighted by atomic mass is 10.0. The smallest absolute Gasteiger partial charge is 0.225 e. The molecule has 6 heteroatoms. The van der Waals surface area contributed by atoms with E-state index >= 15 is 0 Å². The van der Waals surface area contributed by atoms with Gasteiger partial charge in [-0.05, 0) is 49.9 Å². The summed E-state index contributed by atoms with van der Waals surface area (Å²) in [6, 6.07) is 6.22. The van der Waals surface area contributed by atoms with Crippen LogP contribution in [-0.2, 0) is 11.2 Å². The largest absolute Gasteiger partial charge is 0.359 e. The molecule has 1 aliphatic rings. The lowest BCUT2D eigenvalue weighted by Crippen LogP contribution is -2.25. The highest BCUT2D eigenvalue weighted by molar-refractivity contribution is 5.75. The molecule has 0 aromatic carbocycles. The van der Waals surface area contributed by atoms with Crippen molar-refractivity contribution < 1.29 is 4.79 Å². The second-order valence-electron chi connectivity index (χ2n) is 6.12. The van der Waals surface area contributed by atoms with Crippen LogP contribution in [0.1, 0.15) is 42.3 Å². The third kappa shape index (κ3) is 3.69. The van der Waals surface area contributed by atoms with Crippen LogP contribution >= 0.6 is 0 Å². The second kappa shape index (κ2) is 7.38. The van der Waals surface area contributed by atoms with Crippen molar-refractivity contribution in [1.29, 1.82) is 0 Å². The van der Waals surface area contributed by atoms with E-state index in [2.05, 4.69) is 32.3 Å². The van der Waals surface area contributed by atoms with Gasteiger partial charge in [0, 0.05) is 38.1 Å². The number of nitrogens with one attached hydrogen (secondary N) is 1. The molecule has 1 unspecified atom stereocenters. The molecule has 1 amide bonds. The van der Waals surface area contributed by atoms with E-state index in [0.29, 0.717) is 6.42 Å². The number of aryl methyl sites for hydroxylation is 2. The lowest BCUT2D eigenvalue weighted by Gasteiger charge is -2.24. The maximum absolute atomic E-state index is 11.5. The summed E-state index contributed by atoms with van der Waals surface area (Å²) >= 11 is 0. The summed E-state index contributed by atoms with van der Waals surface area (Å²) in [5.74, 6) is 0.821. The Morgan fingerprint density at radius 1 is 1.33 bits per heavy atom. The Balaban J connectivity index is 1.82. The molecule has 126 valence electrons. The third-order valence-electron chi connectivity index (χ3n) is 4.36. The van der Waals surface area contributed by atoms with Crippen molar-refractivity contribution >= 4 is 11.9 Å². The van der Waals surface area contributed by atoms with Gasteiger partial charge < -0.3 is 10.2 Å². The fourth-order valence-corrected chi connectivity index (χ4v) is 3.22. The van der Waals surface area contributed by atoms with Crippen molar-refractivity contribution in [2.24, 2.45) is 0 Å². The Morgan fingerprint density at radius 2 is 2.12 bits per heavy atom. The molecule has 1 saturated heterocycles. The highest BCUT2D eigenvalue weighted by Gasteiger charge is 2.29. The van der Waals surface area contributed by atoms with Gasteiger partial charge in [0.1, 0.15) is 0 Å². The van der Waals surface area contributed by atoms with Crippen LogP contribution < -0.4 is 10.2 Å². The molecule has 0 spiro atoms. The first-order valence-corrected chi connectivity index (χ1v) is 8.39. The van der Waals surface area contributed by atoms with Crippen LogP contribution in [0.4, 0.5) is 5.95 Å². The predicted molar refractivity (Wildman–Crippen MR) is 92.7 cm³/mol. The van der Waals surface area contributed by atoms with Crippen LogP contribution in [0, 0.1) is 6.92 Å². The van der Waals surface area contributed by atoms with Crippen LogP contribution in [0.2, 0.25) is 0 Å². The molecule has 0 saturated carbocycles. The number of pyridine rings is 1. The highest BCUT2D eigenvalue weighted by Crippen LogP contribution is 2.33. The van der Waals surface area contributed by atoms with Crippen LogP contribution in [0.15, 0.2) is 30.6 Å². The minimum atomic E-state index is 0.0613. The van der Waals surface area contributed by atoms with E-state index in [1.165, 1.54) is 0 Å². The zero-order chi connectivity index (χ0) is 16.9. The Bertz CT molecular complexity index is 704. The Morgan fingerprint density at radius 3 is 2.88 bits per heavy atom.